The number of hydrogen-bond donors (Lipinski definition) is 0. The minimum absolute atomic E-state index is 0.0171. The topological polar surface area (TPSA) is 68.3 Å². The van der Waals surface area contributed by atoms with Crippen molar-refractivity contribution in [2.75, 3.05) is 24.0 Å². The molecule has 2 aliphatic heterocycles. The summed E-state index contributed by atoms with van der Waals surface area (Å²) in [7, 11) is 3.21. The molecule has 2 amide bonds. The molecule has 2 fully saturated rings. The third kappa shape index (κ3) is 4.64. The fraction of sp³-hybridized carbons (Fsp3) is 0.188. The summed E-state index contributed by atoms with van der Waals surface area (Å²) in [6.45, 7) is 0. The van der Waals surface area contributed by atoms with Crippen LogP contribution in [0.5, 0.6) is 17.2 Å². The number of nitrogens with zero attached hydrogens (tertiary/aromatic N) is 2. The van der Waals surface area contributed by atoms with Gasteiger partial charge in [0, 0.05) is 16.3 Å². The Balaban J connectivity index is 1.41. The van der Waals surface area contributed by atoms with Gasteiger partial charge in [0.15, 0.2) is 6.10 Å². The zero-order chi connectivity index (χ0) is 27.6. The van der Waals surface area contributed by atoms with Crippen LogP contribution in [0.15, 0.2) is 114 Å². The number of carbonyl (C=O) groups is 2. The summed E-state index contributed by atoms with van der Waals surface area (Å²) in [5.74, 6) is 1.83. The third-order valence-corrected chi connectivity index (χ3v) is 8.52. The van der Waals surface area contributed by atoms with Gasteiger partial charge in [-0.1, -0.05) is 36.4 Å². The van der Waals surface area contributed by atoms with Crippen molar-refractivity contribution in [3.63, 3.8) is 0 Å². The van der Waals surface area contributed by atoms with Crippen molar-refractivity contribution < 1.29 is 23.8 Å². The number of methoxy groups -OCH3 is 2. The van der Waals surface area contributed by atoms with Gasteiger partial charge in [-0.3, -0.25) is 14.5 Å². The monoisotopic (exact) mass is 552 g/mol. The van der Waals surface area contributed by atoms with Gasteiger partial charge < -0.3 is 19.1 Å². The van der Waals surface area contributed by atoms with Crippen molar-refractivity contribution in [1.29, 1.82) is 0 Å². The number of para-hydroxylation sites is 1. The van der Waals surface area contributed by atoms with Gasteiger partial charge >= 0.3 is 0 Å². The fourth-order valence-electron chi connectivity index (χ4n) is 5.25. The number of carbonyl (C=O) groups excluding carboxylic acids is 2. The van der Waals surface area contributed by atoms with Gasteiger partial charge in [-0.05, 0) is 72.8 Å². The van der Waals surface area contributed by atoms with Crippen LogP contribution in [0, 0.1) is 0 Å². The largest absolute Gasteiger partial charge is 0.497 e. The Morgan fingerprint density at radius 1 is 0.575 bits per heavy atom. The van der Waals surface area contributed by atoms with Gasteiger partial charge in [0.1, 0.15) is 28.5 Å². The number of thioether (sulfide) groups is 1. The highest BCUT2D eigenvalue weighted by Crippen LogP contribution is 2.46. The molecule has 0 aliphatic carbocycles. The van der Waals surface area contributed by atoms with Crippen LogP contribution in [-0.2, 0) is 9.59 Å². The smallest absolute Gasteiger partial charge is 0.270 e. The molecule has 2 heterocycles. The van der Waals surface area contributed by atoms with Crippen molar-refractivity contribution in [2.45, 2.75) is 28.3 Å². The Bertz CT molecular complexity index is 1370. The predicted molar refractivity (Wildman–Crippen MR) is 155 cm³/mol. The van der Waals surface area contributed by atoms with Gasteiger partial charge in [-0.2, -0.15) is 0 Å². The van der Waals surface area contributed by atoms with E-state index in [1.54, 1.807) is 24.0 Å². The molecule has 6 rings (SSSR count). The number of hydrogen-bond acceptors (Lipinski definition) is 6. The first-order valence-corrected chi connectivity index (χ1v) is 13.8. The molecule has 4 aromatic carbocycles. The molecule has 0 radical (unpaired) electrons. The van der Waals surface area contributed by atoms with E-state index in [9.17, 15) is 9.59 Å². The SMILES string of the molecule is COc1ccc(N2C(=O)[C@@H](Oc3ccccc3)[C@H]2[C@@H]2[C@H](Sc3ccccc3)C(=O)N2c2ccc(OC)cc2)cc1. The molecule has 0 N–H and O–H groups in total. The van der Waals surface area contributed by atoms with E-state index in [-0.39, 0.29) is 17.9 Å². The zero-order valence-corrected chi connectivity index (χ0v) is 22.9. The van der Waals surface area contributed by atoms with E-state index in [2.05, 4.69) is 0 Å². The first-order chi connectivity index (χ1) is 19.6. The first kappa shape index (κ1) is 25.8. The van der Waals surface area contributed by atoms with Crippen LogP contribution in [0.1, 0.15) is 0 Å². The van der Waals surface area contributed by atoms with E-state index in [1.165, 1.54) is 11.8 Å². The summed E-state index contributed by atoms with van der Waals surface area (Å²) in [6.07, 6.45) is -0.762. The summed E-state index contributed by atoms with van der Waals surface area (Å²) in [4.78, 5) is 32.0. The van der Waals surface area contributed by atoms with Gasteiger partial charge in [-0.25, -0.2) is 0 Å². The average molecular weight is 553 g/mol. The molecular weight excluding hydrogens is 524 g/mol. The normalized spacial score (nSPS) is 21.9. The molecule has 4 atom stereocenters. The standard InChI is InChI=1S/C32H28N2O5S/c1-37-23-17-13-21(14-18-23)33-27(29(31(33)35)39-25-9-5-3-6-10-25)28-30(40-26-11-7-4-8-12-26)32(36)34(28)22-15-19-24(38-2)20-16-22/h3-20,27-30H,1-2H3/t27-,28-,29+,30+/m1/s1. The van der Waals surface area contributed by atoms with Gasteiger partial charge in [-0.15, -0.1) is 11.8 Å². The van der Waals surface area contributed by atoms with E-state index < -0.39 is 17.4 Å². The minimum atomic E-state index is -0.762. The van der Waals surface area contributed by atoms with Crippen LogP contribution in [0.25, 0.3) is 0 Å². The van der Waals surface area contributed by atoms with Crippen molar-refractivity contribution in [3.8, 4) is 17.2 Å². The molecule has 0 bridgehead atoms. The molecule has 202 valence electrons. The van der Waals surface area contributed by atoms with Crippen LogP contribution in [0.4, 0.5) is 11.4 Å². The Morgan fingerprint density at radius 3 is 1.60 bits per heavy atom. The maximum atomic E-state index is 13.8. The molecular formula is C32H28N2O5S. The third-order valence-electron chi connectivity index (χ3n) is 7.24. The molecule has 0 spiro atoms. The second-order valence-electron chi connectivity index (χ2n) is 9.50. The Kier molecular flexibility index (Phi) is 7.09. The van der Waals surface area contributed by atoms with Crippen molar-refractivity contribution >= 4 is 35.0 Å². The van der Waals surface area contributed by atoms with Crippen molar-refractivity contribution in [3.05, 3.63) is 109 Å². The maximum absolute atomic E-state index is 13.8. The summed E-state index contributed by atoms with van der Waals surface area (Å²) in [5.41, 5.74) is 1.47. The average Bonchev–Trinajstić information content (AvgIpc) is 3.01. The van der Waals surface area contributed by atoms with Crippen molar-refractivity contribution in [1.82, 2.24) is 0 Å². The summed E-state index contributed by atoms with van der Waals surface area (Å²) in [5, 5.41) is -0.412. The Morgan fingerprint density at radius 2 is 1.07 bits per heavy atom. The van der Waals surface area contributed by atoms with Crippen LogP contribution in [-0.4, -0.2) is 49.5 Å². The lowest BCUT2D eigenvalue weighted by Gasteiger charge is -2.58. The van der Waals surface area contributed by atoms with E-state index in [0.29, 0.717) is 17.2 Å². The second kappa shape index (κ2) is 11.0. The van der Waals surface area contributed by atoms with Crippen LogP contribution in [0.3, 0.4) is 0 Å². The fourth-order valence-corrected chi connectivity index (χ4v) is 6.49. The Labute approximate surface area is 237 Å². The molecule has 0 aromatic heterocycles. The molecule has 4 aromatic rings. The maximum Gasteiger partial charge on any atom is 0.270 e. The molecule has 0 saturated carbocycles. The summed E-state index contributed by atoms with van der Waals surface area (Å²) in [6, 6.07) is 33.2. The van der Waals surface area contributed by atoms with Crippen molar-refractivity contribution in [2.24, 2.45) is 0 Å². The molecule has 2 saturated heterocycles. The zero-order valence-electron chi connectivity index (χ0n) is 22.0. The molecule has 7 nitrogen and oxygen atoms in total. The van der Waals surface area contributed by atoms with Gasteiger partial charge in [0.2, 0.25) is 5.91 Å². The lowest BCUT2D eigenvalue weighted by Crippen LogP contribution is -2.81. The quantitative estimate of drug-likeness (QED) is 0.258. The molecule has 40 heavy (non-hydrogen) atoms. The number of amides is 2. The number of ether oxygens (including phenoxy) is 3. The van der Waals surface area contributed by atoms with Crippen LogP contribution in [0.2, 0.25) is 0 Å². The number of anilines is 2. The van der Waals surface area contributed by atoms with E-state index in [1.807, 2.05) is 109 Å². The van der Waals surface area contributed by atoms with Gasteiger partial charge in [0.05, 0.1) is 20.3 Å². The van der Waals surface area contributed by atoms with E-state index >= 15 is 0 Å². The molecule has 2 aliphatic rings. The highest BCUT2D eigenvalue weighted by Gasteiger charge is 2.63. The Hall–Kier alpha value is -4.43. The molecule has 0 unspecified atom stereocenters. The second-order valence-corrected chi connectivity index (χ2v) is 10.7. The minimum Gasteiger partial charge on any atom is -0.497 e. The van der Waals surface area contributed by atoms with E-state index in [4.69, 9.17) is 14.2 Å². The van der Waals surface area contributed by atoms with Gasteiger partial charge in [0.25, 0.3) is 5.91 Å². The van der Waals surface area contributed by atoms with Crippen LogP contribution >= 0.6 is 11.8 Å². The first-order valence-electron chi connectivity index (χ1n) is 13.0. The predicted octanol–water partition coefficient (Wildman–Crippen LogP) is 5.44. The lowest BCUT2D eigenvalue weighted by atomic mass is 9.81. The lowest BCUT2D eigenvalue weighted by molar-refractivity contribution is -0.138. The number of benzene rings is 4. The number of β-lactam (4-membered cyclic amide) rings is 2. The number of rotatable bonds is 9. The summed E-state index contributed by atoms with van der Waals surface area (Å²) < 4.78 is 17.0. The molecule has 8 heteroatoms. The highest BCUT2D eigenvalue weighted by molar-refractivity contribution is 8.00. The van der Waals surface area contributed by atoms with E-state index in [0.717, 1.165) is 16.3 Å². The highest BCUT2D eigenvalue weighted by atomic mass is 32.2. The summed E-state index contributed by atoms with van der Waals surface area (Å²) >= 11 is 1.51. The van der Waals surface area contributed by atoms with Crippen LogP contribution < -0.4 is 24.0 Å².